The Morgan fingerprint density at radius 2 is 1.96 bits per heavy atom. The third-order valence-electron chi connectivity index (χ3n) is 3.45. The van der Waals surface area contributed by atoms with Gasteiger partial charge in [0.05, 0.1) is 11.6 Å². The summed E-state index contributed by atoms with van der Waals surface area (Å²) in [5.74, 6) is -0.168. The van der Waals surface area contributed by atoms with Crippen LogP contribution in [0.3, 0.4) is 0 Å². The molecule has 25 heavy (non-hydrogen) atoms. The Labute approximate surface area is 163 Å². The lowest BCUT2D eigenvalue weighted by molar-refractivity contribution is 0.604. The Morgan fingerprint density at radius 1 is 1.16 bits per heavy atom. The highest BCUT2D eigenvalue weighted by Gasteiger charge is 2.05. The summed E-state index contributed by atoms with van der Waals surface area (Å²) in [5, 5.41) is 14.8. The first-order valence-corrected chi connectivity index (χ1v) is 7.50. The molecule has 2 aromatic carbocycles. The van der Waals surface area contributed by atoms with Crippen molar-refractivity contribution in [1.29, 1.82) is 5.26 Å². The summed E-state index contributed by atoms with van der Waals surface area (Å²) in [7, 11) is 1.62. The van der Waals surface area contributed by atoms with Gasteiger partial charge in [0.2, 0.25) is 0 Å². The average Bonchev–Trinajstić information content (AvgIpc) is 2.58. The van der Waals surface area contributed by atoms with E-state index in [0.29, 0.717) is 24.5 Å². The molecule has 0 unspecified atom stereocenters. The Morgan fingerprint density at radius 3 is 2.60 bits per heavy atom. The number of hydrogen-bond acceptors (Lipinski definition) is 2. The standard InChI is InChI=1S/C18H18F2N4.HI/c1-22-18(23-8-7-13-3-2-4-16(19)9-13)24-12-15-6-5-14(11-21)10-17(15)20;/h2-6,9-10H,7-8,12H2,1H3,(H2,22,23,24);1H. The summed E-state index contributed by atoms with van der Waals surface area (Å²) in [4.78, 5) is 4.06. The normalized spacial score (nSPS) is 10.6. The molecule has 0 atom stereocenters. The summed E-state index contributed by atoms with van der Waals surface area (Å²) in [6.45, 7) is 0.816. The van der Waals surface area contributed by atoms with Crippen molar-refractivity contribution in [3.8, 4) is 6.07 Å². The van der Waals surface area contributed by atoms with Gasteiger partial charge in [0.15, 0.2) is 5.96 Å². The van der Waals surface area contributed by atoms with Gasteiger partial charge in [0.1, 0.15) is 11.6 Å². The van der Waals surface area contributed by atoms with Crippen LogP contribution in [0.5, 0.6) is 0 Å². The molecule has 0 saturated carbocycles. The fourth-order valence-corrected chi connectivity index (χ4v) is 2.18. The van der Waals surface area contributed by atoms with E-state index in [4.69, 9.17) is 5.26 Å². The van der Waals surface area contributed by atoms with Gasteiger partial charge in [-0.05, 0) is 36.2 Å². The number of nitrogens with one attached hydrogen (secondary N) is 2. The fourth-order valence-electron chi connectivity index (χ4n) is 2.18. The molecular weight excluding hydrogens is 437 g/mol. The monoisotopic (exact) mass is 456 g/mol. The van der Waals surface area contributed by atoms with E-state index in [0.717, 1.165) is 5.56 Å². The lowest BCUT2D eigenvalue weighted by Crippen LogP contribution is -2.38. The minimum atomic E-state index is -0.434. The van der Waals surface area contributed by atoms with Gasteiger partial charge in [-0.15, -0.1) is 24.0 Å². The maximum Gasteiger partial charge on any atom is 0.191 e. The number of nitriles is 1. The molecule has 0 spiro atoms. The van der Waals surface area contributed by atoms with Crippen molar-refractivity contribution in [2.75, 3.05) is 13.6 Å². The molecule has 0 saturated heterocycles. The first-order chi connectivity index (χ1) is 11.6. The molecule has 0 aliphatic rings. The number of rotatable bonds is 5. The van der Waals surface area contributed by atoms with E-state index in [1.165, 1.54) is 18.2 Å². The molecule has 2 N–H and O–H groups in total. The van der Waals surface area contributed by atoms with Crippen LogP contribution in [0.1, 0.15) is 16.7 Å². The summed E-state index contributed by atoms with van der Waals surface area (Å²) in [6.07, 6.45) is 0.643. The first-order valence-electron chi connectivity index (χ1n) is 7.50. The van der Waals surface area contributed by atoms with Crippen molar-refractivity contribution in [2.45, 2.75) is 13.0 Å². The summed E-state index contributed by atoms with van der Waals surface area (Å²) < 4.78 is 26.9. The largest absolute Gasteiger partial charge is 0.356 e. The predicted molar refractivity (Wildman–Crippen MR) is 105 cm³/mol. The van der Waals surface area contributed by atoms with Gasteiger partial charge >= 0.3 is 0 Å². The first kappa shape index (κ1) is 20.8. The minimum Gasteiger partial charge on any atom is -0.356 e. The van der Waals surface area contributed by atoms with Crippen LogP contribution in [-0.4, -0.2) is 19.6 Å². The van der Waals surface area contributed by atoms with Crippen molar-refractivity contribution in [3.63, 3.8) is 0 Å². The molecule has 4 nitrogen and oxygen atoms in total. The Bertz CT molecular complexity index is 772. The highest BCUT2D eigenvalue weighted by molar-refractivity contribution is 14.0. The molecule has 2 aromatic rings. The van der Waals surface area contributed by atoms with E-state index in [-0.39, 0.29) is 41.9 Å². The second-order valence-corrected chi connectivity index (χ2v) is 5.15. The van der Waals surface area contributed by atoms with Gasteiger partial charge < -0.3 is 10.6 Å². The van der Waals surface area contributed by atoms with Gasteiger partial charge in [-0.1, -0.05) is 18.2 Å². The highest BCUT2D eigenvalue weighted by atomic mass is 127. The molecule has 132 valence electrons. The van der Waals surface area contributed by atoms with Gasteiger partial charge in [0, 0.05) is 25.7 Å². The molecule has 0 aliphatic carbocycles. The smallest absolute Gasteiger partial charge is 0.191 e. The van der Waals surface area contributed by atoms with E-state index in [2.05, 4.69) is 15.6 Å². The summed E-state index contributed by atoms with van der Waals surface area (Å²) in [5.41, 5.74) is 1.62. The number of aliphatic imine (C=N–C) groups is 1. The third-order valence-corrected chi connectivity index (χ3v) is 3.45. The van der Waals surface area contributed by atoms with Crippen LogP contribution in [0.4, 0.5) is 8.78 Å². The lowest BCUT2D eigenvalue weighted by atomic mass is 10.1. The average molecular weight is 456 g/mol. The number of hydrogen-bond donors (Lipinski definition) is 2. The zero-order valence-corrected chi connectivity index (χ0v) is 16.1. The quantitative estimate of drug-likeness (QED) is 0.412. The molecule has 0 radical (unpaired) electrons. The van der Waals surface area contributed by atoms with Crippen molar-refractivity contribution in [2.24, 2.45) is 4.99 Å². The maximum absolute atomic E-state index is 13.8. The van der Waals surface area contributed by atoms with E-state index in [9.17, 15) is 8.78 Å². The zero-order valence-electron chi connectivity index (χ0n) is 13.7. The van der Waals surface area contributed by atoms with Crippen LogP contribution in [0, 0.1) is 23.0 Å². The fraction of sp³-hybridized carbons (Fsp3) is 0.222. The summed E-state index contributed by atoms with van der Waals surface area (Å²) in [6, 6.07) is 12.7. The van der Waals surface area contributed by atoms with Crippen LogP contribution in [0.2, 0.25) is 0 Å². The zero-order chi connectivity index (χ0) is 17.4. The number of guanidine groups is 1. The molecule has 0 bridgehead atoms. The van der Waals surface area contributed by atoms with Crippen LogP contribution in [0.25, 0.3) is 0 Å². The molecule has 0 fully saturated rings. The second kappa shape index (κ2) is 10.6. The maximum atomic E-state index is 13.8. The van der Waals surface area contributed by atoms with E-state index < -0.39 is 5.82 Å². The van der Waals surface area contributed by atoms with Crippen molar-refractivity contribution in [1.82, 2.24) is 10.6 Å². The third kappa shape index (κ3) is 6.66. The van der Waals surface area contributed by atoms with Crippen LogP contribution in [0.15, 0.2) is 47.5 Å². The summed E-state index contributed by atoms with van der Waals surface area (Å²) >= 11 is 0. The van der Waals surface area contributed by atoms with Gasteiger partial charge in [-0.3, -0.25) is 4.99 Å². The topological polar surface area (TPSA) is 60.2 Å². The Kier molecular flexibility index (Phi) is 8.84. The second-order valence-electron chi connectivity index (χ2n) is 5.15. The lowest BCUT2D eigenvalue weighted by Gasteiger charge is -2.12. The molecule has 2 rings (SSSR count). The minimum absolute atomic E-state index is 0. The van der Waals surface area contributed by atoms with Crippen molar-refractivity contribution < 1.29 is 8.78 Å². The van der Waals surface area contributed by atoms with Crippen LogP contribution in [-0.2, 0) is 13.0 Å². The highest BCUT2D eigenvalue weighted by Crippen LogP contribution is 2.09. The van der Waals surface area contributed by atoms with Crippen molar-refractivity contribution >= 4 is 29.9 Å². The van der Waals surface area contributed by atoms with E-state index >= 15 is 0 Å². The van der Waals surface area contributed by atoms with Crippen LogP contribution >= 0.6 is 24.0 Å². The van der Waals surface area contributed by atoms with Crippen LogP contribution < -0.4 is 10.6 Å². The molecule has 7 heteroatoms. The molecule has 0 aliphatic heterocycles. The molecule has 0 amide bonds. The van der Waals surface area contributed by atoms with Gasteiger partial charge in [-0.2, -0.15) is 5.26 Å². The number of halogens is 3. The Hall–Kier alpha value is -2.21. The predicted octanol–water partition coefficient (Wildman–Crippen LogP) is 3.36. The Balaban J connectivity index is 0.00000312. The van der Waals surface area contributed by atoms with E-state index in [1.807, 2.05) is 12.1 Å². The van der Waals surface area contributed by atoms with Gasteiger partial charge in [-0.25, -0.2) is 8.78 Å². The molecule has 0 aromatic heterocycles. The van der Waals surface area contributed by atoms with Crippen molar-refractivity contribution in [3.05, 3.63) is 70.8 Å². The van der Waals surface area contributed by atoms with E-state index in [1.54, 1.807) is 25.2 Å². The molecular formula is C18H19F2IN4. The number of nitrogens with zero attached hydrogens (tertiary/aromatic N) is 2. The SMILES string of the molecule is CN=C(NCCc1cccc(F)c1)NCc1ccc(C#N)cc1F.I. The number of benzene rings is 2. The van der Waals surface area contributed by atoms with Gasteiger partial charge in [0.25, 0.3) is 0 Å². The molecule has 0 heterocycles.